The van der Waals surface area contributed by atoms with Crippen LogP contribution in [-0.4, -0.2) is 31.6 Å². The molecule has 0 spiro atoms. The number of aryl methyl sites for hydroxylation is 1. The molecule has 1 N–H and O–H groups in total. The highest BCUT2D eigenvalue weighted by molar-refractivity contribution is 6.46. The third-order valence-electron chi connectivity index (χ3n) is 6.71. The Morgan fingerprint density at radius 2 is 1.77 bits per heavy atom. The number of aliphatic hydroxyl groups is 1. The van der Waals surface area contributed by atoms with Gasteiger partial charge in [-0.25, -0.2) is 0 Å². The van der Waals surface area contributed by atoms with Crippen LogP contribution in [0.4, 0.5) is 5.69 Å². The highest BCUT2D eigenvalue weighted by Gasteiger charge is 2.46. The first-order valence-electron chi connectivity index (χ1n) is 12.5. The van der Waals surface area contributed by atoms with Gasteiger partial charge in [0, 0.05) is 36.6 Å². The molecule has 1 aliphatic heterocycles. The number of carbonyl (C=O) groups excluding carboxylic acids is 2. The maximum absolute atomic E-state index is 13.4. The van der Waals surface area contributed by atoms with Crippen LogP contribution in [0.15, 0.2) is 103 Å². The van der Waals surface area contributed by atoms with Gasteiger partial charge in [-0.15, -0.1) is 0 Å². The normalized spacial score (nSPS) is 16.2. The summed E-state index contributed by atoms with van der Waals surface area (Å²) >= 11 is 0. The van der Waals surface area contributed by atoms with Gasteiger partial charge < -0.3 is 14.7 Å². The molecular formula is C31H25N3O6. The highest BCUT2D eigenvalue weighted by Crippen LogP contribution is 2.41. The Bertz CT molecular complexity index is 1620. The van der Waals surface area contributed by atoms with E-state index in [1.165, 1.54) is 23.1 Å². The van der Waals surface area contributed by atoms with Crippen LogP contribution in [0.2, 0.25) is 0 Å². The number of ketones is 1. The van der Waals surface area contributed by atoms with Gasteiger partial charge in [-0.1, -0.05) is 48.5 Å². The lowest BCUT2D eigenvalue weighted by Gasteiger charge is -2.25. The lowest BCUT2D eigenvalue weighted by Crippen LogP contribution is -2.29. The van der Waals surface area contributed by atoms with Crippen LogP contribution in [0, 0.1) is 17.0 Å². The van der Waals surface area contributed by atoms with Crippen molar-refractivity contribution in [2.75, 3.05) is 0 Å². The largest absolute Gasteiger partial charge is 0.507 e. The van der Waals surface area contributed by atoms with E-state index in [2.05, 4.69) is 4.98 Å². The summed E-state index contributed by atoms with van der Waals surface area (Å²) in [5, 5.41) is 23.0. The number of hydrogen-bond donors (Lipinski definition) is 1. The van der Waals surface area contributed by atoms with Crippen LogP contribution < -0.4 is 4.74 Å². The van der Waals surface area contributed by atoms with Crippen molar-refractivity contribution in [1.82, 2.24) is 9.88 Å². The number of nitro groups is 1. The van der Waals surface area contributed by atoms with Gasteiger partial charge in [-0.2, -0.15) is 0 Å². The summed E-state index contributed by atoms with van der Waals surface area (Å²) in [4.78, 5) is 43.0. The molecule has 0 aliphatic carbocycles. The summed E-state index contributed by atoms with van der Waals surface area (Å²) in [7, 11) is 0. The van der Waals surface area contributed by atoms with E-state index in [1.54, 1.807) is 55.7 Å². The number of carbonyl (C=O) groups is 2. The third-order valence-corrected chi connectivity index (χ3v) is 6.71. The maximum atomic E-state index is 13.4. The molecular weight excluding hydrogens is 510 g/mol. The Balaban J connectivity index is 1.55. The Morgan fingerprint density at radius 1 is 1.00 bits per heavy atom. The number of hydrogen-bond acceptors (Lipinski definition) is 7. The van der Waals surface area contributed by atoms with Crippen LogP contribution in [0.1, 0.15) is 33.9 Å². The van der Waals surface area contributed by atoms with Crippen LogP contribution in [0.5, 0.6) is 5.75 Å². The van der Waals surface area contributed by atoms with Crippen LogP contribution in [0.25, 0.3) is 5.76 Å². The van der Waals surface area contributed by atoms with Crippen LogP contribution in [0.3, 0.4) is 0 Å². The molecule has 1 aromatic heterocycles. The molecule has 0 saturated carbocycles. The van der Waals surface area contributed by atoms with Gasteiger partial charge in [-0.05, 0) is 53.4 Å². The smallest absolute Gasteiger partial charge is 0.295 e. The monoisotopic (exact) mass is 535 g/mol. The quantitative estimate of drug-likeness (QED) is 0.104. The molecule has 1 atom stereocenters. The number of benzene rings is 3. The predicted octanol–water partition coefficient (Wildman–Crippen LogP) is 5.50. The predicted molar refractivity (Wildman–Crippen MR) is 147 cm³/mol. The molecule has 40 heavy (non-hydrogen) atoms. The van der Waals surface area contributed by atoms with Gasteiger partial charge in [0.1, 0.15) is 18.1 Å². The van der Waals surface area contributed by atoms with Gasteiger partial charge in [0.2, 0.25) is 0 Å². The number of pyridine rings is 1. The van der Waals surface area contributed by atoms with Crippen molar-refractivity contribution >= 4 is 23.1 Å². The average molecular weight is 536 g/mol. The summed E-state index contributed by atoms with van der Waals surface area (Å²) < 4.78 is 5.88. The molecule has 0 unspecified atom stereocenters. The van der Waals surface area contributed by atoms with Gasteiger partial charge in [0.05, 0.1) is 16.5 Å². The first kappa shape index (κ1) is 26.3. The topological polar surface area (TPSA) is 123 Å². The molecule has 1 saturated heterocycles. The van der Waals surface area contributed by atoms with E-state index in [1.807, 2.05) is 30.3 Å². The maximum Gasteiger partial charge on any atom is 0.295 e. The molecule has 0 bridgehead atoms. The molecule has 3 aromatic carbocycles. The van der Waals surface area contributed by atoms with Crippen molar-refractivity contribution in [3.05, 3.63) is 141 Å². The minimum Gasteiger partial charge on any atom is -0.507 e. The number of rotatable bonds is 8. The zero-order valence-electron chi connectivity index (χ0n) is 21.6. The van der Waals surface area contributed by atoms with E-state index in [4.69, 9.17) is 4.74 Å². The molecule has 4 aromatic rings. The van der Waals surface area contributed by atoms with E-state index >= 15 is 0 Å². The van der Waals surface area contributed by atoms with Crippen molar-refractivity contribution in [3.8, 4) is 5.75 Å². The second-order valence-electron chi connectivity index (χ2n) is 9.39. The van der Waals surface area contributed by atoms with E-state index in [0.29, 0.717) is 34.6 Å². The summed E-state index contributed by atoms with van der Waals surface area (Å²) in [5.41, 5.74) is 2.63. The van der Waals surface area contributed by atoms with E-state index in [9.17, 15) is 24.8 Å². The number of amides is 1. The zero-order chi connectivity index (χ0) is 28.2. The summed E-state index contributed by atoms with van der Waals surface area (Å²) in [6.07, 6.45) is 3.16. The minimum atomic E-state index is -1.05. The van der Waals surface area contributed by atoms with Gasteiger partial charge >= 0.3 is 0 Å². The van der Waals surface area contributed by atoms with Crippen molar-refractivity contribution in [1.29, 1.82) is 0 Å². The van der Waals surface area contributed by atoms with E-state index in [-0.39, 0.29) is 23.6 Å². The summed E-state index contributed by atoms with van der Waals surface area (Å²) in [6.45, 7) is 2.14. The number of aliphatic hydroxyl groups excluding tert-OH is 1. The van der Waals surface area contributed by atoms with Crippen molar-refractivity contribution < 1.29 is 24.4 Å². The number of non-ortho nitro benzene ring substituents is 1. The highest BCUT2D eigenvalue weighted by atomic mass is 16.6. The standard InChI is InChI=1S/C31H25N3O6/c1-20-15-25(40-19-21-7-3-2-4-8-21)12-13-26(20)29(35)27-28(23-10-5-11-24(16-23)34(38)39)33(31(37)30(27)36)18-22-9-6-14-32-17-22/h2-17,28,35H,18-19H2,1H3/b29-27+/t28-/m1/s1. The fourth-order valence-electron chi connectivity index (χ4n) is 4.76. The lowest BCUT2D eigenvalue weighted by molar-refractivity contribution is -0.384. The number of Topliss-reactive ketones (excluding diaryl/α,β-unsaturated/α-hetero) is 1. The zero-order valence-corrected chi connectivity index (χ0v) is 21.6. The number of nitro benzene ring substituents is 1. The van der Waals surface area contributed by atoms with E-state index in [0.717, 1.165) is 5.56 Å². The minimum absolute atomic E-state index is 0.0216. The molecule has 5 rings (SSSR count). The number of aromatic nitrogens is 1. The fraction of sp³-hybridized carbons (Fsp3) is 0.129. The number of nitrogens with zero attached hydrogens (tertiary/aromatic N) is 3. The van der Waals surface area contributed by atoms with Crippen LogP contribution >= 0.6 is 0 Å². The summed E-state index contributed by atoms with van der Waals surface area (Å²) in [5.74, 6) is -1.48. The SMILES string of the molecule is Cc1cc(OCc2ccccc2)ccc1/C(O)=C1\C(=O)C(=O)N(Cc2cccnc2)[C@@H]1c1cccc([N+](=O)[O-])c1. The third kappa shape index (κ3) is 5.30. The average Bonchev–Trinajstić information content (AvgIpc) is 3.22. The van der Waals surface area contributed by atoms with E-state index < -0.39 is 22.7 Å². The fourth-order valence-corrected chi connectivity index (χ4v) is 4.76. The Kier molecular flexibility index (Phi) is 7.37. The molecule has 1 amide bonds. The van der Waals surface area contributed by atoms with Crippen molar-refractivity contribution in [2.24, 2.45) is 0 Å². The van der Waals surface area contributed by atoms with Gasteiger partial charge in [0.25, 0.3) is 17.4 Å². The molecule has 200 valence electrons. The first-order valence-corrected chi connectivity index (χ1v) is 12.5. The second-order valence-corrected chi connectivity index (χ2v) is 9.39. The van der Waals surface area contributed by atoms with Gasteiger partial charge in [0.15, 0.2) is 0 Å². The Morgan fingerprint density at radius 3 is 2.48 bits per heavy atom. The summed E-state index contributed by atoms with van der Waals surface area (Å²) in [6, 6.07) is 22.9. The molecule has 9 nitrogen and oxygen atoms in total. The van der Waals surface area contributed by atoms with Gasteiger partial charge in [-0.3, -0.25) is 24.7 Å². The number of likely N-dealkylation sites (tertiary alicyclic amines) is 1. The molecule has 1 aliphatic rings. The molecule has 1 fully saturated rings. The lowest BCUT2D eigenvalue weighted by atomic mass is 9.93. The Hall–Kier alpha value is -5.31. The number of ether oxygens (including phenoxy) is 1. The second kappa shape index (κ2) is 11.2. The van der Waals surface area contributed by atoms with Crippen molar-refractivity contribution in [2.45, 2.75) is 26.1 Å². The first-order chi connectivity index (χ1) is 19.3. The molecule has 2 heterocycles. The Labute approximate surface area is 230 Å². The van der Waals surface area contributed by atoms with Crippen LogP contribution in [-0.2, 0) is 22.7 Å². The van der Waals surface area contributed by atoms with Crippen molar-refractivity contribution in [3.63, 3.8) is 0 Å². The molecule has 9 heteroatoms. The molecule has 0 radical (unpaired) electrons.